The highest BCUT2D eigenvalue weighted by Crippen LogP contribution is 2.29. The minimum Gasteiger partial charge on any atom is -0.236 e. The first-order valence-electron chi connectivity index (χ1n) is 7.21. The monoisotopic (exact) mass is 308 g/mol. The van der Waals surface area contributed by atoms with Crippen molar-refractivity contribution in [2.24, 2.45) is 0 Å². The number of hydrogen-bond acceptors (Lipinski definition) is 2. The molecule has 0 amide bonds. The molecule has 1 heterocycles. The average Bonchev–Trinajstić information content (AvgIpc) is 2.46. The molecule has 0 radical (unpaired) electrons. The molecule has 1 aromatic heterocycles. The standard InChI is InChI=1S/C19H17ClN2/c1-12-7-15(9-16(20)8-12)17-10-18(22-11-21-17)19-13(2)5-4-6-14(19)3/h4-11H,1-3H3. The molecule has 0 saturated heterocycles. The normalized spacial score (nSPS) is 10.7. The van der Waals surface area contributed by atoms with E-state index < -0.39 is 0 Å². The molecule has 0 atom stereocenters. The summed E-state index contributed by atoms with van der Waals surface area (Å²) >= 11 is 6.16. The van der Waals surface area contributed by atoms with Gasteiger partial charge in [-0.25, -0.2) is 9.97 Å². The summed E-state index contributed by atoms with van der Waals surface area (Å²) in [5.41, 5.74) is 7.56. The lowest BCUT2D eigenvalue weighted by atomic mass is 9.98. The highest BCUT2D eigenvalue weighted by Gasteiger charge is 2.09. The molecule has 2 aromatic carbocycles. The summed E-state index contributed by atoms with van der Waals surface area (Å²) in [6.45, 7) is 6.24. The Balaban J connectivity index is 2.14. The van der Waals surface area contributed by atoms with Crippen molar-refractivity contribution >= 4 is 11.6 Å². The van der Waals surface area contributed by atoms with E-state index in [0.717, 1.165) is 27.5 Å². The van der Waals surface area contributed by atoms with Gasteiger partial charge in [-0.3, -0.25) is 0 Å². The van der Waals surface area contributed by atoms with Crippen LogP contribution < -0.4 is 0 Å². The maximum Gasteiger partial charge on any atom is 0.116 e. The Morgan fingerprint density at radius 3 is 2.18 bits per heavy atom. The summed E-state index contributed by atoms with van der Waals surface area (Å²) in [4.78, 5) is 8.86. The minimum atomic E-state index is 0.724. The van der Waals surface area contributed by atoms with Crippen molar-refractivity contribution in [3.63, 3.8) is 0 Å². The number of aryl methyl sites for hydroxylation is 3. The van der Waals surface area contributed by atoms with Crippen LogP contribution in [-0.4, -0.2) is 9.97 Å². The maximum atomic E-state index is 6.16. The van der Waals surface area contributed by atoms with Crippen LogP contribution in [0.25, 0.3) is 22.5 Å². The molecule has 3 heteroatoms. The van der Waals surface area contributed by atoms with Crippen LogP contribution in [-0.2, 0) is 0 Å². The van der Waals surface area contributed by atoms with Gasteiger partial charge in [-0.1, -0.05) is 29.8 Å². The van der Waals surface area contributed by atoms with E-state index in [2.05, 4.69) is 48.1 Å². The first-order valence-corrected chi connectivity index (χ1v) is 7.58. The zero-order valence-electron chi connectivity index (χ0n) is 12.9. The highest BCUT2D eigenvalue weighted by atomic mass is 35.5. The SMILES string of the molecule is Cc1cc(Cl)cc(-c2cc(-c3c(C)cccc3C)ncn2)c1. The third kappa shape index (κ3) is 2.88. The van der Waals surface area contributed by atoms with Crippen molar-refractivity contribution in [3.8, 4) is 22.5 Å². The van der Waals surface area contributed by atoms with Crippen LogP contribution in [0, 0.1) is 20.8 Å². The summed E-state index contributed by atoms with van der Waals surface area (Å²) < 4.78 is 0. The van der Waals surface area contributed by atoms with Crippen LogP contribution in [0.2, 0.25) is 5.02 Å². The van der Waals surface area contributed by atoms with Crippen molar-refractivity contribution in [2.75, 3.05) is 0 Å². The lowest BCUT2D eigenvalue weighted by Crippen LogP contribution is -1.94. The number of aromatic nitrogens is 2. The van der Waals surface area contributed by atoms with E-state index in [1.165, 1.54) is 16.7 Å². The van der Waals surface area contributed by atoms with E-state index in [9.17, 15) is 0 Å². The van der Waals surface area contributed by atoms with Gasteiger partial charge in [-0.05, 0) is 61.7 Å². The van der Waals surface area contributed by atoms with Gasteiger partial charge in [-0.2, -0.15) is 0 Å². The fraction of sp³-hybridized carbons (Fsp3) is 0.158. The lowest BCUT2D eigenvalue weighted by molar-refractivity contribution is 1.16. The Kier molecular flexibility index (Phi) is 3.95. The molecule has 0 saturated carbocycles. The number of benzene rings is 2. The molecule has 2 nitrogen and oxygen atoms in total. The van der Waals surface area contributed by atoms with Gasteiger partial charge in [0.2, 0.25) is 0 Å². The molecule has 0 bridgehead atoms. The van der Waals surface area contributed by atoms with Crippen LogP contribution in [0.5, 0.6) is 0 Å². The maximum absolute atomic E-state index is 6.16. The van der Waals surface area contributed by atoms with E-state index in [1.54, 1.807) is 6.33 Å². The molecule has 110 valence electrons. The van der Waals surface area contributed by atoms with Gasteiger partial charge in [0.25, 0.3) is 0 Å². The predicted molar refractivity (Wildman–Crippen MR) is 92.1 cm³/mol. The van der Waals surface area contributed by atoms with Gasteiger partial charge in [-0.15, -0.1) is 0 Å². The van der Waals surface area contributed by atoms with E-state index in [0.29, 0.717) is 0 Å². The number of halogens is 1. The molecular weight excluding hydrogens is 292 g/mol. The Morgan fingerprint density at radius 1 is 0.818 bits per heavy atom. The van der Waals surface area contributed by atoms with Crippen molar-refractivity contribution in [2.45, 2.75) is 20.8 Å². The summed E-state index contributed by atoms with van der Waals surface area (Å²) in [5.74, 6) is 0. The molecule has 3 aromatic rings. The molecule has 0 spiro atoms. The van der Waals surface area contributed by atoms with Crippen LogP contribution >= 0.6 is 11.6 Å². The average molecular weight is 309 g/mol. The van der Waals surface area contributed by atoms with Crippen molar-refractivity contribution in [1.82, 2.24) is 9.97 Å². The third-order valence-electron chi connectivity index (χ3n) is 3.74. The first-order chi connectivity index (χ1) is 10.5. The third-order valence-corrected chi connectivity index (χ3v) is 3.96. The quantitative estimate of drug-likeness (QED) is 0.634. The lowest BCUT2D eigenvalue weighted by Gasteiger charge is -2.10. The number of rotatable bonds is 2. The summed E-state index contributed by atoms with van der Waals surface area (Å²) in [6, 6.07) is 14.3. The zero-order chi connectivity index (χ0) is 15.7. The number of nitrogens with zero attached hydrogens (tertiary/aromatic N) is 2. The first kappa shape index (κ1) is 14.7. The molecular formula is C19H17ClN2. The van der Waals surface area contributed by atoms with Crippen molar-refractivity contribution < 1.29 is 0 Å². The zero-order valence-corrected chi connectivity index (χ0v) is 13.6. The fourth-order valence-corrected chi connectivity index (χ4v) is 3.04. The molecule has 0 aliphatic rings. The topological polar surface area (TPSA) is 25.8 Å². The molecule has 0 aliphatic heterocycles. The summed E-state index contributed by atoms with van der Waals surface area (Å²) in [6.07, 6.45) is 1.62. The molecule has 22 heavy (non-hydrogen) atoms. The van der Waals surface area contributed by atoms with Gasteiger partial charge in [0.05, 0.1) is 11.4 Å². The Bertz CT molecular complexity index is 800. The largest absolute Gasteiger partial charge is 0.236 e. The second-order valence-electron chi connectivity index (χ2n) is 5.57. The molecule has 0 fully saturated rings. The van der Waals surface area contributed by atoms with E-state index in [-0.39, 0.29) is 0 Å². The van der Waals surface area contributed by atoms with Crippen molar-refractivity contribution in [3.05, 3.63) is 70.5 Å². The highest BCUT2D eigenvalue weighted by molar-refractivity contribution is 6.30. The Labute approximate surface area is 135 Å². The summed E-state index contributed by atoms with van der Waals surface area (Å²) in [7, 11) is 0. The van der Waals surface area contributed by atoms with Gasteiger partial charge in [0.15, 0.2) is 0 Å². The van der Waals surface area contributed by atoms with E-state index in [1.807, 2.05) is 25.1 Å². The van der Waals surface area contributed by atoms with Gasteiger partial charge in [0.1, 0.15) is 6.33 Å². The molecule has 0 aliphatic carbocycles. The van der Waals surface area contributed by atoms with Crippen molar-refractivity contribution in [1.29, 1.82) is 0 Å². The van der Waals surface area contributed by atoms with Crippen LogP contribution in [0.1, 0.15) is 16.7 Å². The second kappa shape index (κ2) is 5.90. The van der Waals surface area contributed by atoms with E-state index in [4.69, 9.17) is 11.6 Å². The van der Waals surface area contributed by atoms with Gasteiger partial charge < -0.3 is 0 Å². The Hall–Kier alpha value is -2.19. The number of hydrogen-bond donors (Lipinski definition) is 0. The Morgan fingerprint density at radius 2 is 1.50 bits per heavy atom. The van der Waals surface area contributed by atoms with Crippen LogP contribution in [0.15, 0.2) is 48.8 Å². The smallest absolute Gasteiger partial charge is 0.116 e. The van der Waals surface area contributed by atoms with Gasteiger partial charge >= 0.3 is 0 Å². The molecule has 0 unspecified atom stereocenters. The predicted octanol–water partition coefficient (Wildman–Crippen LogP) is 5.39. The fourth-order valence-electron chi connectivity index (χ4n) is 2.75. The second-order valence-corrected chi connectivity index (χ2v) is 6.01. The minimum absolute atomic E-state index is 0.724. The molecule has 0 N–H and O–H groups in total. The van der Waals surface area contributed by atoms with E-state index >= 15 is 0 Å². The molecule has 3 rings (SSSR count). The van der Waals surface area contributed by atoms with Crippen LogP contribution in [0.4, 0.5) is 0 Å². The van der Waals surface area contributed by atoms with Crippen LogP contribution in [0.3, 0.4) is 0 Å². The summed E-state index contributed by atoms with van der Waals surface area (Å²) in [5, 5.41) is 0.724. The van der Waals surface area contributed by atoms with Gasteiger partial charge in [0, 0.05) is 16.1 Å².